The van der Waals surface area contributed by atoms with E-state index in [1.807, 2.05) is 12.1 Å². The number of imidazole rings is 2. The number of para-hydroxylation sites is 4. The van der Waals surface area contributed by atoms with E-state index in [-0.39, 0.29) is 0 Å². The molecule has 0 amide bonds. The summed E-state index contributed by atoms with van der Waals surface area (Å²) in [6.45, 7) is 0. The SMILES string of the molecule is c1ccc2[nH]c(C3CCCCC3c3nc4ccccc4[nH]3)nc2c1. The van der Waals surface area contributed by atoms with Crippen molar-refractivity contribution in [1.29, 1.82) is 0 Å². The summed E-state index contributed by atoms with van der Waals surface area (Å²) in [7, 11) is 0. The standard InChI is InChI=1S/C20H20N4/c1-2-8-14(20-23-17-11-5-6-12-18(17)24-20)13(7-1)19-21-15-9-3-4-10-16(15)22-19/h3-6,9-14H,1-2,7-8H2,(H,21,22)(H,23,24). The molecule has 4 aromatic rings. The van der Waals surface area contributed by atoms with Crippen molar-refractivity contribution in [3.05, 3.63) is 60.2 Å². The van der Waals surface area contributed by atoms with Gasteiger partial charge in [0.15, 0.2) is 0 Å². The van der Waals surface area contributed by atoms with Crippen LogP contribution in [-0.4, -0.2) is 19.9 Å². The Labute approximate surface area is 140 Å². The fourth-order valence-electron chi connectivity index (χ4n) is 4.08. The van der Waals surface area contributed by atoms with Crippen molar-refractivity contribution in [2.75, 3.05) is 0 Å². The molecule has 4 heteroatoms. The average Bonchev–Trinajstić information content (AvgIpc) is 3.25. The van der Waals surface area contributed by atoms with E-state index in [1.54, 1.807) is 0 Å². The summed E-state index contributed by atoms with van der Waals surface area (Å²) in [5.41, 5.74) is 4.37. The quantitative estimate of drug-likeness (QED) is 0.553. The predicted octanol–water partition coefficient (Wildman–Crippen LogP) is 4.88. The molecule has 0 spiro atoms. The molecule has 4 nitrogen and oxygen atoms in total. The van der Waals surface area contributed by atoms with E-state index in [0.29, 0.717) is 11.8 Å². The lowest BCUT2D eigenvalue weighted by atomic mass is 9.78. The van der Waals surface area contributed by atoms with Crippen LogP contribution in [0, 0.1) is 0 Å². The van der Waals surface area contributed by atoms with Crippen molar-refractivity contribution in [3.63, 3.8) is 0 Å². The van der Waals surface area contributed by atoms with E-state index >= 15 is 0 Å². The Bertz CT molecular complexity index is 849. The zero-order valence-corrected chi connectivity index (χ0v) is 13.5. The Morgan fingerprint density at radius 1 is 0.667 bits per heavy atom. The third-order valence-corrected chi connectivity index (χ3v) is 5.28. The maximum absolute atomic E-state index is 4.87. The zero-order chi connectivity index (χ0) is 15.9. The van der Waals surface area contributed by atoms with Gasteiger partial charge in [-0.3, -0.25) is 0 Å². The average molecular weight is 316 g/mol. The second-order valence-electron chi connectivity index (χ2n) is 6.78. The van der Waals surface area contributed by atoms with Gasteiger partial charge in [-0.15, -0.1) is 0 Å². The molecule has 2 aromatic carbocycles. The van der Waals surface area contributed by atoms with E-state index in [1.165, 1.54) is 25.7 Å². The molecule has 0 radical (unpaired) electrons. The number of H-pyrrole nitrogens is 2. The molecule has 2 N–H and O–H groups in total. The number of hydrogen-bond acceptors (Lipinski definition) is 2. The van der Waals surface area contributed by atoms with Crippen LogP contribution in [0.5, 0.6) is 0 Å². The van der Waals surface area contributed by atoms with E-state index in [4.69, 9.17) is 9.97 Å². The molecule has 2 unspecified atom stereocenters. The van der Waals surface area contributed by atoms with E-state index in [0.717, 1.165) is 33.7 Å². The third kappa shape index (κ3) is 2.21. The van der Waals surface area contributed by atoms with Crippen molar-refractivity contribution in [3.8, 4) is 0 Å². The Morgan fingerprint density at radius 2 is 1.12 bits per heavy atom. The van der Waals surface area contributed by atoms with E-state index < -0.39 is 0 Å². The summed E-state index contributed by atoms with van der Waals surface area (Å²) in [6.07, 6.45) is 4.86. The molecule has 1 fully saturated rings. The van der Waals surface area contributed by atoms with Crippen LogP contribution in [0.4, 0.5) is 0 Å². The van der Waals surface area contributed by atoms with Gasteiger partial charge >= 0.3 is 0 Å². The number of fused-ring (bicyclic) bond motifs is 2. The van der Waals surface area contributed by atoms with Gasteiger partial charge in [0.25, 0.3) is 0 Å². The van der Waals surface area contributed by atoms with E-state index in [2.05, 4.69) is 46.4 Å². The summed E-state index contributed by atoms with van der Waals surface area (Å²) < 4.78 is 0. The largest absolute Gasteiger partial charge is 0.342 e. The fourth-order valence-corrected chi connectivity index (χ4v) is 4.08. The van der Waals surface area contributed by atoms with Crippen LogP contribution in [0.3, 0.4) is 0 Å². The summed E-state index contributed by atoms with van der Waals surface area (Å²) in [4.78, 5) is 16.8. The van der Waals surface area contributed by atoms with Crippen LogP contribution in [0.15, 0.2) is 48.5 Å². The van der Waals surface area contributed by atoms with Crippen molar-refractivity contribution in [2.24, 2.45) is 0 Å². The highest BCUT2D eigenvalue weighted by Crippen LogP contribution is 2.42. The molecular weight excluding hydrogens is 296 g/mol. The maximum Gasteiger partial charge on any atom is 0.111 e. The Morgan fingerprint density at radius 3 is 1.58 bits per heavy atom. The number of benzene rings is 2. The molecule has 24 heavy (non-hydrogen) atoms. The van der Waals surface area contributed by atoms with Gasteiger partial charge in [0, 0.05) is 11.8 Å². The van der Waals surface area contributed by atoms with Gasteiger partial charge in [0.1, 0.15) is 11.6 Å². The second kappa shape index (κ2) is 5.48. The molecule has 5 rings (SSSR count). The van der Waals surface area contributed by atoms with Gasteiger partial charge in [-0.25, -0.2) is 9.97 Å². The second-order valence-corrected chi connectivity index (χ2v) is 6.78. The lowest BCUT2D eigenvalue weighted by Crippen LogP contribution is -2.18. The smallest absolute Gasteiger partial charge is 0.111 e. The molecule has 0 saturated heterocycles. The maximum atomic E-state index is 4.87. The third-order valence-electron chi connectivity index (χ3n) is 5.28. The van der Waals surface area contributed by atoms with Crippen molar-refractivity contribution >= 4 is 22.1 Å². The first-order valence-electron chi connectivity index (χ1n) is 8.78. The lowest BCUT2D eigenvalue weighted by molar-refractivity contribution is 0.366. The fraction of sp³-hybridized carbons (Fsp3) is 0.300. The van der Waals surface area contributed by atoms with Gasteiger partial charge in [-0.2, -0.15) is 0 Å². The van der Waals surface area contributed by atoms with Crippen LogP contribution in [-0.2, 0) is 0 Å². The minimum atomic E-state index is 0.409. The molecule has 1 saturated carbocycles. The predicted molar refractivity (Wildman–Crippen MR) is 96.1 cm³/mol. The zero-order valence-electron chi connectivity index (χ0n) is 13.5. The molecule has 2 heterocycles. The molecule has 0 bridgehead atoms. The first kappa shape index (κ1) is 13.8. The van der Waals surface area contributed by atoms with Gasteiger partial charge in [0.05, 0.1) is 22.1 Å². The first-order chi connectivity index (χ1) is 11.9. The normalized spacial score (nSPS) is 21.5. The van der Waals surface area contributed by atoms with Crippen LogP contribution in [0.2, 0.25) is 0 Å². The minimum absolute atomic E-state index is 0.409. The minimum Gasteiger partial charge on any atom is -0.342 e. The van der Waals surface area contributed by atoms with Gasteiger partial charge in [0.2, 0.25) is 0 Å². The monoisotopic (exact) mass is 316 g/mol. The molecule has 120 valence electrons. The Hall–Kier alpha value is -2.62. The van der Waals surface area contributed by atoms with Gasteiger partial charge in [-0.1, -0.05) is 37.1 Å². The Balaban J connectivity index is 1.57. The summed E-state index contributed by atoms with van der Waals surface area (Å²) in [5, 5.41) is 0. The number of nitrogens with one attached hydrogen (secondary N) is 2. The highest BCUT2D eigenvalue weighted by molar-refractivity contribution is 5.75. The molecular formula is C20H20N4. The van der Waals surface area contributed by atoms with Crippen molar-refractivity contribution in [2.45, 2.75) is 37.5 Å². The van der Waals surface area contributed by atoms with Crippen molar-refractivity contribution < 1.29 is 0 Å². The number of rotatable bonds is 2. The number of aromatic amines is 2. The van der Waals surface area contributed by atoms with Crippen LogP contribution < -0.4 is 0 Å². The molecule has 1 aliphatic rings. The van der Waals surface area contributed by atoms with Crippen molar-refractivity contribution in [1.82, 2.24) is 19.9 Å². The van der Waals surface area contributed by atoms with Gasteiger partial charge < -0.3 is 9.97 Å². The van der Waals surface area contributed by atoms with Crippen LogP contribution >= 0.6 is 0 Å². The molecule has 2 atom stereocenters. The van der Waals surface area contributed by atoms with Gasteiger partial charge in [-0.05, 0) is 37.1 Å². The van der Waals surface area contributed by atoms with E-state index in [9.17, 15) is 0 Å². The number of nitrogens with zero attached hydrogens (tertiary/aromatic N) is 2. The molecule has 1 aliphatic carbocycles. The summed E-state index contributed by atoms with van der Waals surface area (Å²) in [5.74, 6) is 3.04. The summed E-state index contributed by atoms with van der Waals surface area (Å²) in [6, 6.07) is 16.6. The Kier molecular flexibility index (Phi) is 3.15. The number of hydrogen-bond donors (Lipinski definition) is 2. The first-order valence-corrected chi connectivity index (χ1v) is 8.78. The number of aromatic nitrogens is 4. The molecule has 2 aromatic heterocycles. The summed E-state index contributed by atoms with van der Waals surface area (Å²) >= 11 is 0. The highest BCUT2D eigenvalue weighted by Gasteiger charge is 2.32. The van der Waals surface area contributed by atoms with Crippen LogP contribution in [0.1, 0.15) is 49.2 Å². The molecule has 0 aliphatic heterocycles. The van der Waals surface area contributed by atoms with Crippen LogP contribution in [0.25, 0.3) is 22.1 Å². The lowest BCUT2D eigenvalue weighted by Gasteiger charge is -2.28. The topological polar surface area (TPSA) is 57.4 Å². The highest BCUT2D eigenvalue weighted by atomic mass is 15.0.